The van der Waals surface area contributed by atoms with Crippen molar-refractivity contribution in [1.82, 2.24) is 5.32 Å². The second-order valence-corrected chi connectivity index (χ2v) is 6.37. The van der Waals surface area contributed by atoms with E-state index in [1.165, 1.54) is 19.1 Å². The number of aliphatic hydroxyl groups excluding tert-OH is 1. The molecule has 0 bridgehead atoms. The van der Waals surface area contributed by atoms with E-state index in [4.69, 9.17) is 13.7 Å². The average molecular weight is 400 g/mol. The zero-order chi connectivity index (χ0) is 29.4. The number of rotatable bonds is 9. The van der Waals surface area contributed by atoms with Gasteiger partial charge in [-0.15, -0.1) is 0 Å². The van der Waals surface area contributed by atoms with Gasteiger partial charge in [-0.1, -0.05) is 66.1 Å². The molecule has 0 aliphatic heterocycles. The topological polar surface area (TPSA) is 69.6 Å². The van der Waals surface area contributed by atoms with Gasteiger partial charge < -0.3 is 15.5 Å². The molecule has 3 aromatic rings. The Balaban J connectivity index is 1.79. The molecule has 0 unspecified atom stereocenters. The molecule has 0 saturated heterocycles. The highest BCUT2D eigenvalue weighted by Crippen LogP contribution is 2.22. The van der Waals surface area contributed by atoms with Crippen molar-refractivity contribution in [2.75, 3.05) is 13.1 Å². The molecule has 4 heteroatoms. The van der Waals surface area contributed by atoms with E-state index in [2.05, 4.69) is 5.32 Å². The molecular weight excluding hydrogens is 362 g/mol. The summed E-state index contributed by atoms with van der Waals surface area (Å²) >= 11 is 0. The van der Waals surface area contributed by atoms with Crippen LogP contribution in [0.3, 0.4) is 0 Å². The van der Waals surface area contributed by atoms with Crippen LogP contribution in [0.1, 0.15) is 53.2 Å². The molecule has 0 heterocycles. The van der Waals surface area contributed by atoms with Gasteiger partial charge in [0.1, 0.15) is 0 Å². The number of nitrogens with one attached hydrogen (secondary N) is 1. The van der Waals surface area contributed by atoms with E-state index in [1.54, 1.807) is 12.1 Å². The van der Waals surface area contributed by atoms with Gasteiger partial charge in [0.05, 0.1) is 22.6 Å². The second-order valence-electron chi connectivity index (χ2n) is 6.37. The Kier molecular flexibility index (Phi) is 3.90. The SMILES string of the molecule is [2H]c1c([2H])c(C(=O)O)c([2H])c(-c2cccc(CC([2H])([2H])CNC[C@H](O)c3c([2H])c([2H])c([2H])c(C)c3[2H])c2)c1[2H]. The second kappa shape index (κ2) is 10.0. The number of aromatic carboxylic acids is 1. The van der Waals surface area contributed by atoms with Crippen LogP contribution in [0.2, 0.25) is 0 Å². The van der Waals surface area contributed by atoms with Crippen LogP contribution in [0.5, 0.6) is 0 Å². The number of carboxylic acids is 1. The van der Waals surface area contributed by atoms with E-state index in [0.29, 0.717) is 5.56 Å². The lowest BCUT2D eigenvalue weighted by Crippen LogP contribution is -2.22. The maximum Gasteiger partial charge on any atom is 0.335 e. The van der Waals surface area contributed by atoms with Crippen LogP contribution in [0, 0.1) is 6.92 Å². The predicted molar refractivity (Wildman–Crippen MR) is 116 cm³/mol. The van der Waals surface area contributed by atoms with Crippen molar-refractivity contribution in [3.8, 4) is 11.1 Å². The first-order valence-corrected chi connectivity index (χ1v) is 8.97. The molecule has 0 spiro atoms. The summed E-state index contributed by atoms with van der Waals surface area (Å²) in [4.78, 5) is 11.6. The minimum Gasteiger partial charge on any atom is -0.478 e. The van der Waals surface area contributed by atoms with Gasteiger partial charge in [0.15, 0.2) is 0 Å². The number of hydrogen-bond donors (Lipinski definition) is 3. The highest BCUT2D eigenvalue weighted by molar-refractivity contribution is 5.89. The van der Waals surface area contributed by atoms with Crippen LogP contribution in [0.15, 0.2) is 72.6 Å². The Morgan fingerprint density at radius 2 is 2.00 bits per heavy atom. The average Bonchev–Trinajstić information content (AvgIpc) is 2.85. The van der Waals surface area contributed by atoms with Crippen LogP contribution in [-0.4, -0.2) is 29.3 Å². The molecule has 3 aromatic carbocycles. The summed E-state index contributed by atoms with van der Waals surface area (Å²) in [7, 11) is 0. The number of carboxylic acid groups (broad SMARTS) is 1. The lowest BCUT2D eigenvalue weighted by atomic mass is 9.99. The Morgan fingerprint density at radius 1 is 1.17 bits per heavy atom. The number of aliphatic hydroxyl groups is 1. The molecule has 0 radical (unpaired) electrons. The Morgan fingerprint density at radius 3 is 2.83 bits per heavy atom. The van der Waals surface area contributed by atoms with Crippen LogP contribution >= 0.6 is 0 Å². The number of hydrogen-bond acceptors (Lipinski definition) is 3. The normalized spacial score (nSPS) is 17.3. The monoisotopic (exact) mass is 399 g/mol. The van der Waals surface area contributed by atoms with Gasteiger partial charge in [0, 0.05) is 9.29 Å². The number of aryl methyl sites for hydroxylation is 1. The van der Waals surface area contributed by atoms with Crippen LogP contribution < -0.4 is 5.32 Å². The fraction of sp³-hybridized carbons (Fsp3) is 0.240. The molecule has 0 aromatic heterocycles. The molecule has 3 rings (SSSR count). The van der Waals surface area contributed by atoms with Gasteiger partial charge in [-0.05, 0) is 60.6 Å². The zero-order valence-electron chi connectivity index (χ0n) is 25.8. The summed E-state index contributed by atoms with van der Waals surface area (Å²) in [5.41, 5.74) is -0.0805. The van der Waals surface area contributed by atoms with Crippen molar-refractivity contribution in [2.45, 2.75) is 25.8 Å². The van der Waals surface area contributed by atoms with Crippen molar-refractivity contribution in [1.29, 1.82) is 0 Å². The third-order valence-electron chi connectivity index (χ3n) is 4.07. The van der Waals surface area contributed by atoms with Crippen molar-refractivity contribution in [3.05, 3.63) is 94.9 Å². The van der Waals surface area contributed by atoms with E-state index >= 15 is 0 Å². The minimum atomic E-state index is -1.86. The minimum absolute atomic E-state index is 0.111. The van der Waals surface area contributed by atoms with Crippen molar-refractivity contribution in [3.63, 3.8) is 0 Å². The molecule has 150 valence electrons. The summed E-state index contributed by atoms with van der Waals surface area (Å²) in [6, 6.07) is 2.49. The fourth-order valence-electron chi connectivity index (χ4n) is 2.66. The van der Waals surface area contributed by atoms with E-state index in [0.717, 1.165) is 0 Å². The summed E-state index contributed by atoms with van der Waals surface area (Å²) < 4.78 is 80.8. The van der Waals surface area contributed by atoms with E-state index in [-0.39, 0.29) is 53.8 Å². The third kappa shape index (κ3) is 6.01. The highest BCUT2D eigenvalue weighted by atomic mass is 16.4. The molecule has 0 saturated carbocycles. The third-order valence-corrected chi connectivity index (χ3v) is 4.07. The van der Waals surface area contributed by atoms with Gasteiger partial charge >= 0.3 is 5.97 Å². The first-order chi connectivity index (χ1) is 18.1. The lowest BCUT2D eigenvalue weighted by molar-refractivity contribution is 0.0697. The summed E-state index contributed by atoms with van der Waals surface area (Å²) in [5.74, 6) is -1.56. The summed E-state index contributed by atoms with van der Waals surface area (Å²) in [5, 5.41) is 22.7. The van der Waals surface area contributed by atoms with Crippen LogP contribution in [0.4, 0.5) is 0 Å². The molecule has 0 amide bonds. The molecule has 3 N–H and O–H groups in total. The first-order valence-electron chi connectivity index (χ1n) is 14.0. The lowest BCUT2D eigenvalue weighted by Gasteiger charge is -2.13. The van der Waals surface area contributed by atoms with Crippen molar-refractivity contribution >= 4 is 5.97 Å². The highest BCUT2D eigenvalue weighted by Gasteiger charge is 2.07. The fourth-order valence-corrected chi connectivity index (χ4v) is 2.66. The molecular formula is C25H27NO3. The molecule has 0 fully saturated rings. The Labute approximate surface area is 185 Å². The molecule has 0 aliphatic carbocycles. The van der Waals surface area contributed by atoms with Crippen LogP contribution in [0.25, 0.3) is 11.1 Å². The molecule has 4 nitrogen and oxygen atoms in total. The van der Waals surface area contributed by atoms with Gasteiger partial charge in [-0.25, -0.2) is 4.79 Å². The molecule has 0 aliphatic rings. The largest absolute Gasteiger partial charge is 0.478 e. The quantitative estimate of drug-likeness (QED) is 0.491. The number of carbonyl (C=O) groups is 1. The maximum atomic E-state index is 11.6. The smallest absolute Gasteiger partial charge is 0.335 e. The van der Waals surface area contributed by atoms with Crippen molar-refractivity contribution < 1.29 is 28.7 Å². The molecule has 1 atom stereocenters. The van der Waals surface area contributed by atoms with Crippen LogP contribution in [-0.2, 0) is 6.42 Å². The van der Waals surface area contributed by atoms with E-state index in [9.17, 15) is 15.0 Å². The molecule has 29 heavy (non-hydrogen) atoms. The number of benzene rings is 3. The van der Waals surface area contributed by atoms with Gasteiger partial charge in [-0.3, -0.25) is 0 Å². The zero-order valence-corrected chi connectivity index (χ0v) is 15.8. The van der Waals surface area contributed by atoms with Gasteiger partial charge in [0.25, 0.3) is 0 Å². The standard InChI is InChI=1S/C25H27NO3/c1-18-6-2-11-22(14-18)24(27)17-26-13-5-8-19-7-3-9-20(15-19)21-10-4-12-23(16-21)25(28)29/h2-4,6-7,9-12,14-16,24,26-27H,5,8,13,17H2,1H3,(H,28,29)/t24-/m0/s1/i2D,4D,5D2,6D,10D,11D,12D,14D,16D. The van der Waals surface area contributed by atoms with Gasteiger partial charge in [-0.2, -0.15) is 0 Å². The van der Waals surface area contributed by atoms with Gasteiger partial charge in [0.2, 0.25) is 0 Å². The van der Waals surface area contributed by atoms with E-state index < -0.39 is 60.3 Å². The predicted octanol–water partition coefficient (Wildman–Crippen LogP) is 4.62. The Bertz CT molecular complexity index is 1420. The summed E-state index contributed by atoms with van der Waals surface area (Å²) in [6.45, 7) is 1.02. The summed E-state index contributed by atoms with van der Waals surface area (Å²) in [6.07, 6.45) is -3.38. The Hall–Kier alpha value is -2.95. The first kappa shape index (κ1) is 11.3. The maximum absolute atomic E-state index is 11.6. The van der Waals surface area contributed by atoms with E-state index in [1.807, 2.05) is 0 Å². The van der Waals surface area contributed by atoms with Crippen molar-refractivity contribution in [2.24, 2.45) is 0 Å².